The predicted octanol–water partition coefficient (Wildman–Crippen LogP) is 3.26. The van der Waals surface area contributed by atoms with Gasteiger partial charge >= 0.3 is 0 Å². The fourth-order valence-corrected chi connectivity index (χ4v) is 3.11. The molecule has 1 unspecified atom stereocenters. The lowest BCUT2D eigenvalue weighted by Gasteiger charge is -2.44. The lowest BCUT2D eigenvalue weighted by atomic mass is 10.00. The van der Waals surface area contributed by atoms with Gasteiger partial charge in [0.2, 0.25) is 0 Å². The second-order valence-electron chi connectivity index (χ2n) is 6.71. The highest BCUT2D eigenvalue weighted by atomic mass is 16.3. The Kier molecular flexibility index (Phi) is 4.71. The third-order valence-corrected chi connectivity index (χ3v) is 4.37. The van der Waals surface area contributed by atoms with E-state index in [-0.39, 0.29) is 5.54 Å². The van der Waals surface area contributed by atoms with Crippen LogP contribution in [0, 0.1) is 0 Å². The number of aromatic hydroxyl groups is 1. The van der Waals surface area contributed by atoms with Crippen LogP contribution >= 0.6 is 0 Å². The molecule has 1 aromatic carbocycles. The largest absolute Gasteiger partial charge is 0.508 e. The third-order valence-electron chi connectivity index (χ3n) is 4.37. The molecule has 20 heavy (non-hydrogen) atoms. The van der Waals surface area contributed by atoms with E-state index >= 15 is 0 Å². The van der Waals surface area contributed by atoms with Crippen molar-refractivity contribution in [3.8, 4) is 5.75 Å². The molecule has 1 N–H and O–H groups in total. The third kappa shape index (κ3) is 3.53. The SMILES string of the molecule is CCC(c1ccc(O)cc1)N1CCN(C(C)(C)C)CC1. The van der Waals surface area contributed by atoms with Crippen LogP contribution in [0.3, 0.4) is 0 Å². The van der Waals surface area contributed by atoms with E-state index in [1.165, 1.54) is 5.56 Å². The molecular weight excluding hydrogens is 248 g/mol. The van der Waals surface area contributed by atoms with E-state index < -0.39 is 0 Å². The van der Waals surface area contributed by atoms with Gasteiger partial charge in [-0.25, -0.2) is 0 Å². The summed E-state index contributed by atoms with van der Waals surface area (Å²) in [6.45, 7) is 13.6. The van der Waals surface area contributed by atoms with Gasteiger partial charge in [0.25, 0.3) is 0 Å². The highest BCUT2D eigenvalue weighted by Gasteiger charge is 2.28. The summed E-state index contributed by atoms with van der Waals surface area (Å²) in [6, 6.07) is 8.17. The van der Waals surface area contributed by atoms with Gasteiger partial charge in [0.15, 0.2) is 0 Å². The van der Waals surface area contributed by atoms with Crippen molar-refractivity contribution in [3.05, 3.63) is 29.8 Å². The second-order valence-corrected chi connectivity index (χ2v) is 6.71. The fraction of sp³-hybridized carbons (Fsp3) is 0.647. The first kappa shape index (κ1) is 15.3. The summed E-state index contributed by atoms with van der Waals surface area (Å²) in [6.07, 6.45) is 1.11. The van der Waals surface area contributed by atoms with E-state index in [0.29, 0.717) is 11.8 Å². The summed E-state index contributed by atoms with van der Waals surface area (Å²) in [5.74, 6) is 0.348. The summed E-state index contributed by atoms with van der Waals surface area (Å²) in [5, 5.41) is 9.43. The number of phenolic OH excluding ortho intramolecular Hbond substituents is 1. The molecule has 0 amide bonds. The minimum Gasteiger partial charge on any atom is -0.508 e. The van der Waals surface area contributed by atoms with Crippen molar-refractivity contribution in [2.24, 2.45) is 0 Å². The van der Waals surface area contributed by atoms with Crippen LogP contribution in [-0.2, 0) is 0 Å². The first-order valence-corrected chi connectivity index (χ1v) is 7.70. The Morgan fingerprint density at radius 1 is 1.05 bits per heavy atom. The zero-order valence-corrected chi connectivity index (χ0v) is 13.3. The van der Waals surface area contributed by atoms with Crippen molar-refractivity contribution in [1.29, 1.82) is 0 Å². The van der Waals surface area contributed by atoms with Crippen LogP contribution in [0.2, 0.25) is 0 Å². The predicted molar refractivity (Wildman–Crippen MR) is 84.0 cm³/mol. The van der Waals surface area contributed by atoms with E-state index in [9.17, 15) is 5.11 Å². The Bertz CT molecular complexity index is 414. The van der Waals surface area contributed by atoms with Crippen LogP contribution in [-0.4, -0.2) is 46.6 Å². The zero-order valence-electron chi connectivity index (χ0n) is 13.3. The molecule has 0 spiro atoms. The molecule has 1 aromatic rings. The molecule has 0 radical (unpaired) electrons. The number of hydrogen-bond donors (Lipinski definition) is 1. The van der Waals surface area contributed by atoms with Gasteiger partial charge in [-0.2, -0.15) is 0 Å². The monoisotopic (exact) mass is 276 g/mol. The minimum atomic E-state index is 0.270. The number of hydrogen-bond acceptors (Lipinski definition) is 3. The molecule has 1 saturated heterocycles. The summed E-state index contributed by atoms with van der Waals surface area (Å²) >= 11 is 0. The molecule has 3 nitrogen and oxygen atoms in total. The van der Waals surface area contributed by atoms with Crippen LogP contribution in [0.15, 0.2) is 24.3 Å². The number of rotatable bonds is 3. The van der Waals surface area contributed by atoms with Crippen LogP contribution < -0.4 is 0 Å². The summed E-state index contributed by atoms with van der Waals surface area (Å²) < 4.78 is 0. The molecule has 1 aliphatic heterocycles. The Morgan fingerprint density at radius 2 is 1.60 bits per heavy atom. The number of benzene rings is 1. The maximum atomic E-state index is 9.43. The Morgan fingerprint density at radius 3 is 2.05 bits per heavy atom. The minimum absolute atomic E-state index is 0.270. The van der Waals surface area contributed by atoms with Crippen molar-refractivity contribution in [1.82, 2.24) is 9.80 Å². The van der Waals surface area contributed by atoms with Gasteiger partial charge in [-0.1, -0.05) is 19.1 Å². The molecule has 1 heterocycles. The fourth-order valence-electron chi connectivity index (χ4n) is 3.11. The highest BCUT2D eigenvalue weighted by molar-refractivity contribution is 5.28. The van der Waals surface area contributed by atoms with Crippen LogP contribution in [0.25, 0.3) is 0 Å². The second kappa shape index (κ2) is 6.15. The molecule has 1 atom stereocenters. The van der Waals surface area contributed by atoms with Gasteiger partial charge in [-0.15, -0.1) is 0 Å². The molecule has 0 aromatic heterocycles. The van der Waals surface area contributed by atoms with E-state index in [1.54, 1.807) is 12.1 Å². The van der Waals surface area contributed by atoms with Crippen molar-refractivity contribution < 1.29 is 5.11 Å². The Hall–Kier alpha value is -1.06. The first-order valence-electron chi connectivity index (χ1n) is 7.70. The standard InChI is InChI=1S/C17H28N2O/c1-5-16(14-6-8-15(20)9-7-14)18-10-12-19(13-11-18)17(2,3)4/h6-9,16,20H,5,10-13H2,1-4H3. The van der Waals surface area contributed by atoms with Crippen molar-refractivity contribution in [2.75, 3.05) is 26.2 Å². The molecule has 0 aliphatic carbocycles. The van der Waals surface area contributed by atoms with Gasteiger partial charge in [0.1, 0.15) is 5.75 Å². The highest BCUT2D eigenvalue weighted by Crippen LogP contribution is 2.28. The topological polar surface area (TPSA) is 26.7 Å². The van der Waals surface area contributed by atoms with Gasteiger partial charge in [0.05, 0.1) is 0 Å². The Balaban J connectivity index is 2.02. The van der Waals surface area contributed by atoms with Crippen molar-refractivity contribution in [3.63, 3.8) is 0 Å². The molecule has 3 heteroatoms. The molecular formula is C17H28N2O. The summed E-state index contributed by atoms with van der Waals surface area (Å²) in [7, 11) is 0. The van der Waals surface area contributed by atoms with E-state index in [2.05, 4.69) is 49.6 Å². The molecule has 2 rings (SSSR count). The molecule has 1 fully saturated rings. The van der Waals surface area contributed by atoms with Crippen LogP contribution in [0.5, 0.6) is 5.75 Å². The number of piperazine rings is 1. The molecule has 1 aliphatic rings. The Labute approximate surface area is 123 Å². The van der Waals surface area contributed by atoms with E-state index in [1.807, 2.05) is 0 Å². The molecule has 112 valence electrons. The van der Waals surface area contributed by atoms with Crippen LogP contribution in [0.4, 0.5) is 0 Å². The summed E-state index contributed by atoms with van der Waals surface area (Å²) in [5.41, 5.74) is 1.58. The van der Waals surface area contributed by atoms with Gasteiger partial charge in [0, 0.05) is 37.8 Å². The summed E-state index contributed by atoms with van der Waals surface area (Å²) in [4.78, 5) is 5.14. The van der Waals surface area contributed by atoms with E-state index in [0.717, 1.165) is 32.6 Å². The zero-order chi connectivity index (χ0) is 14.8. The van der Waals surface area contributed by atoms with Gasteiger partial charge < -0.3 is 5.11 Å². The van der Waals surface area contributed by atoms with Gasteiger partial charge in [-0.05, 0) is 44.9 Å². The number of nitrogens with zero attached hydrogens (tertiary/aromatic N) is 2. The maximum Gasteiger partial charge on any atom is 0.115 e. The molecule has 0 saturated carbocycles. The lowest BCUT2D eigenvalue weighted by Crippen LogP contribution is -2.53. The average Bonchev–Trinajstić information content (AvgIpc) is 2.41. The quantitative estimate of drug-likeness (QED) is 0.918. The first-order chi connectivity index (χ1) is 9.41. The smallest absolute Gasteiger partial charge is 0.115 e. The van der Waals surface area contributed by atoms with Crippen molar-refractivity contribution >= 4 is 0 Å². The van der Waals surface area contributed by atoms with E-state index in [4.69, 9.17) is 0 Å². The normalized spacial score (nSPS) is 20.0. The lowest BCUT2D eigenvalue weighted by molar-refractivity contribution is 0.0407. The number of phenols is 1. The average molecular weight is 276 g/mol. The maximum absolute atomic E-state index is 9.43. The van der Waals surface area contributed by atoms with Crippen LogP contribution in [0.1, 0.15) is 45.7 Å². The van der Waals surface area contributed by atoms with Gasteiger partial charge in [-0.3, -0.25) is 9.80 Å². The van der Waals surface area contributed by atoms with Crippen molar-refractivity contribution in [2.45, 2.75) is 45.7 Å². The molecule has 0 bridgehead atoms.